The van der Waals surface area contributed by atoms with E-state index in [0.717, 1.165) is 0 Å². The fourth-order valence-corrected chi connectivity index (χ4v) is 2.42. The summed E-state index contributed by atoms with van der Waals surface area (Å²) >= 11 is 0. The van der Waals surface area contributed by atoms with E-state index in [4.69, 9.17) is 4.74 Å². The van der Waals surface area contributed by atoms with Gasteiger partial charge in [0.05, 0.1) is 13.2 Å². The highest BCUT2D eigenvalue weighted by molar-refractivity contribution is 5.32. The SMILES string of the molecule is COc1cccc(C(O)C2CCC(F)(F)C2)c1F. The number of alkyl halides is 2. The van der Waals surface area contributed by atoms with Gasteiger partial charge in [-0.15, -0.1) is 0 Å². The molecule has 2 nitrogen and oxygen atoms in total. The van der Waals surface area contributed by atoms with Crippen molar-refractivity contribution < 1.29 is 23.0 Å². The Balaban J connectivity index is 2.22. The molecule has 0 heterocycles. The van der Waals surface area contributed by atoms with Crippen molar-refractivity contribution in [2.24, 2.45) is 5.92 Å². The number of benzene rings is 1. The van der Waals surface area contributed by atoms with Crippen LogP contribution in [0.4, 0.5) is 13.2 Å². The third kappa shape index (κ3) is 2.46. The number of halogens is 3. The number of methoxy groups -OCH3 is 1. The molecule has 1 N–H and O–H groups in total. The summed E-state index contributed by atoms with van der Waals surface area (Å²) in [4.78, 5) is 0. The summed E-state index contributed by atoms with van der Waals surface area (Å²) < 4.78 is 44.9. The molecule has 1 aliphatic carbocycles. The van der Waals surface area contributed by atoms with Crippen molar-refractivity contribution in [3.05, 3.63) is 29.6 Å². The second-order valence-corrected chi connectivity index (χ2v) is 4.67. The van der Waals surface area contributed by atoms with Crippen LogP contribution >= 0.6 is 0 Å². The molecule has 1 aromatic carbocycles. The molecule has 1 fully saturated rings. The Hall–Kier alpha value is -1.23. The highest BCUT2D eigenvalue weighted by Gasteiger charge is 2.43. The summed E-state index contributed by atoms with van der Waals surface area (Å²) in [6.07, 6.45) is -1.66. The van der Waals surface area contributed by atoms with E-state index >= 15 is 0 Å². The third-order valence-corrected chi connectivity index (χ3v) is 3.42. The van der Waals surface area contributed by atoms with E-state index in [1.165, 1.54) is 25.3 Å². The van der Waals surface area contributed by atoms with Gasteiger partial charge in [0.2, 0.25) is 5.92 Å². The largest absolute Gasteiger partial charge is 0.494 e. The van der Waals surface area contributed by atoms with Crippen molar-refractivity contribution in [1.29, 1.82) is 0 Å². The minimum absolute atomic E-state index is 0.0105. The molecular weight excluding hydrogens is 245 g/mol. The van der Waals surface area contributed by atoms with E-state index in [2.05, 4.69) is 0 Å². The summed E-state index contributed by atoms with van der Waals surface area (Å²) in [5, 5.41) is 10.0. The molecule has 0 radical (unpaired) electrons. The first-order chi connectivity index (χ1) is 8.44. The molecule has 18 heavy (non-hydrogen) atoms. The smallest absolute Gasteiger partial charge is 0.248 e. The summed E-state index contributed by atoms with van der Waals surface area (Å²) in [6.45, 7) is 0. The number of hydrogen-bond acceptors (Lipinski definition) is 2. The molecule has 0 aliphatic heterocycles. The average Bonchev–Trinajstić information content (AvgIpc) is 2.69. The van der Waals surface area contributed by atoms with Crippen LogP contribution in [0.5, 0.6) is 5.75 Å². The Morgan fingerprint density at radius 1 is 1.44 bits per heavy atom. The molecule has 1 saturated carbocycles. The Morgan fingerprint density at radius 3 is 2.72 bits per heavy atom. The van der Waals surface area contributed by atoms with Gasteiger partial charge in [-0.25, -0.2) is 13.2 Å². The number of ether oxygens (including phenoxy) is 1. The first-order valence-electron chi connectivity index (χ1n) is 5.83. The maximum absolute atomic E-state index is 13.9. The van der Waals surface area contributed by atoms with Crippen molar-refractivity contribution >= 4 is 0 Å². The van der Waals surface area contributed by atoms with Crippen molar-refractivity contribution in [3.63, 3.8) is 0 Å². The van der Waals surface area contributed by atoms with Crippen LogP contribution in [0.3, 0.4) is 0 Å². The fourth-order valence-electron chi connectivity index (χ4n) is 2.42. The van der Waals surface area contributed by atoms with Crippen LogP contribution in [0.1, 0.15) is 30.9 Å². The van der Waals surface area contributed by atoms with E-state index in [1.807, 2.05) is 0 Å². The molecule has 0 bridgehead atoms. The lowest BCUT2D eigenvalue weighted by Crippen LogP contribution is -2.15. The van der Waals surface area contributed by atoms with Crippen molar-refractivity contribution in [2.75, 3.05) is 7.11 Å². The van der Waals surface area contributed by atoms with Crippen LogP contribution in [-0.2, 0) is 0 Å². The topological polar surface area (TPSA) is 29.5 Å². The number of rotatable bonds is 3. The monoisotopic (exact) mass is 260 g/mol. The van der Waals surface area contributed by atoms with Gasteiger partial charge in [0.25, 0.3) is 0 Å². The van der Waals surface area contributed by atoms with Crippen LogP contribution in [0.25, 0.3) is 0 Å². The predicted molar refractivity (Wildman–Crippen MR) is 60.2 cm³/mol. The van der Waals surface area contributed by atoms with Crippen LogP contribution in [-0.4, -0.2) is 18.1 Å². The van der Waals surface area contributed by atoms with Gasteiger partial charge in [-0.1, -0.05) is 12.1 Å². The van der Waals surface area contributed by atoms with Gasteiger partial charge in [0.1, 0.15) is 0 Å². The highest BCUT2D eigenvalue weighted by Crippen LogP contribution is 2.45. The molecule has 2 unspecified atom stereocenters. The zero-order chi connectivity index (χ0) is 13.3. The van der Waals surface area contributed by atoms with Crippen LogP contribution in [0.15, 0.2) is 18.2 Å². The number of aliphatic hydroxyl groups is 1. The zero-order valence-corrected chi connectivity index (χ0v) is 10.00. The molecule has 0 aromatic heterocycles. The molecule has 100 valence electrons. The second-order valence-electron chi connectivity index (χ2n) is 4.67. The van der Waals surface area contributed by atoms with E-state index in [-0.39, 0.29) is 24.2 Å². The molecule has 2 rings (SSSR count). The quantitative estimate of drug-likeness (QED) is 0.903. The maximum atomic E-state index is 13.9. The number of aliphatic hydroxyl groups excluding tert-OH is 1. The summed E-state index contributed by atoms with van der Waals surface area (Å²) in [7, 11) is 1.32. The Bertz CT molecular complexity index is 434. The second kappa shape index (κ2) is 4.80. The standard InChI is InChI=1S/C13H15F3O2/c1-18-10-4-2-3-9(11(10)14)12(17)8-5-6-13(15,16)7-8/h2-4,8,12,17H,5-7H2,1H3. The van der Waals surface area contributed by atoms with Crippen molar-refractivity contribution in [3.8, 4) is 5.75 Å². The van der Waals surface area contributed by atoms with E-state index in [0.29, 0.717) is 0 Å². The molecular formula is C13H15F3O2. The van der Waals surface area contributed by atoms with Gasteiger partial charge in [-0.3, -0.25) is 0 Å². The van der Waals surface area contributed by atoms with Gasteiger partial charge in [-0.2, -0.15) is 0 Å². The normalized spacial score (nSPS) is 23.9. The van der Waals surface area contributed by atoms with Crippen LogP contribution < -0.4 is 4.74 Å². The maximum Gasteiger partial charge on any atom is 0.248 e. The highest BCUT2D eigenvalue weighted by atomic mass is 19.3. The Kier molecular flexibility index (Phi) is 3.52. The van der Waals surface area contributed by atoms with E-state index in [9.17, 15) is 18.3 Å². The van der Waals surface area contributed by atoms with Crippen LogP contribution in [0, 0.1) is 11.7 Å². The summed E-state index contributed by atoms with van der Waals surface area (Å²) in [6, 6.07) is 4.36. The average molecular weight is 260 g/mol. The lowest BCUT2D eigenvalue weighted by atomic mass is 9.93. The Morgan fingerprint density at radius 2 is 2.17 bits per heavy atom. The van der Waals surface area contributed by atoms with Gasteiger partial charge < -0.3 is 9.84 Å². The van der Waals surface area contributed by atoms with Gasteiger partial charge >= 0.3 is 0 Å². The molecule has 5 heteroatoms. The van der Waals surface area contributed by atoms with Crippen molar-refractivity contribution in [2.45, 2.75) is 31.3 Å². The zero-order valence-electron chi connectivity index (χ0n) is 10.00. The molecule has 1 aromatic rings. The van der Waals surface area contributed by atoms with Crippen LogP contribution in [0.2, 0.25) is 0 Å². The summed E-state index contributed by atoms with van der Waals surface area (Å²) in [5.41, 5.74) is 0.0250. The fraction of sp³-hybridized carbons (Fsp3) is 0.538. The lowest BCUT2D eigenvalue weighted by Gasteiger charge is -2.19. The van der Waals surface area contributed by atoms with Crippen molar-refractivity contribution in [1.82, 2.24) is 0 Å². The van der Waals surface area contributed by atoms with E-state index in [1.54, 1.807) is 0 Å². The lowest BCUT2D eigenvalue weighted by molar-refractivity contribution is -0.00547. The molecule has 2 atom stereocenters. The van der Waals surface area contributed by atoms with Gasteiger partial charge in [-0.05, 0) is 18.4 Å². The molecule has 0 amide bonds. The first kappa shape index (κ1) is 13.2. The first-order valence-corrected chi connectivity index (χ1v) is 5.83. The third-order valence-electron chi connectivity index (χ3n) is 3.42. The molecule has 0 saturated heterocycles. The van der Waals surface area contributed by atoms with Gasteiger partial charge in [0.15, 0.2) is 11.6 Å². The molecule has 0 spiro atoms. The molecule has 1 aliphatic rings. The minimum Gasteiger partial charge on any atom is -0.494 e. The Labute approximate surface area is 103 Å². The van der Waals surface area contributed by atoms with Gasteiger partial charge in [0, 0.05) is 18.4 Å². The number of hydrogen-bond donors (Lipinski definition) is 1. The van der Waals surface area contributed by atoms with E-state index < -0.39 is 30.2 Å². The minimum atomic E-state index is -2.75. The summed E-state index contributed by atoms with van der Waals surface area (Å²) in [5.74, 6) is -4.03. The predicted octanol–water partition coefficient (Wildman–Crippen LogP) is 3.30.